The second-order valence-corrected chi connectivity index (χ2v) is 8.52. The van der Waals surface area contributed by atoms with Crippen molar-refractivity contribution in [2.45, 2.75) is 38.5 Å². The summed E-state index contributed by atoms with van der Waals surface area (Å²) in [6, 6.07) is 3.54. The summed E-state index contributed by atoms with van der Waals surface area (Å²) in [6.07, 6.45) is 0. The monoisotopic (exact) mass is 345 g/mol. The number of nitrogens with zero attached hydrogens (tertiary/aromatic N) is 1. The van der Waals surface area contributed by atoms with Crippen LogP contribution in [0, 0.1) is 11.6 Å². The molecule has 0 saturated heterocycles. The highest BCUT2D eigenvalue weighted by molar-refractivity contribution is 7.86. The van der Waals surface area contributed by atoms with Gasteiger partial charge in [-0.1, -0.05) is 6.07 Å². The molecule has 1 rings (SSSR count). The van der Waals surface area contributed by atoms with Crippen molar-refractivity contribution in [2.24, 2.45) is 4.99 Å². The molecule has 0 amide bonds. The van der Waals surface area contributed by atoms with Crippen LogP contribution in [0.5, 0.6) is 0 Å². The summed E-state index contributed by atoms with van der Waals surface area (Å²) in [5.41, 5.74) is 0.616. The number of benzene rings is 1. The lowest BCUT2D eigenvalue weighted by molar-refractivity contribution is 0.504. The van der Waals surface area contributed by atoms with Crippen LogP contribution in [0.1, 0.15) is 39.3 Å². The largest absolute Gasteiger partial charge is 0.355 e. The molecule has 130 valence electrons. The zero-order chi connectivity index (χ0) is 17.6. The Bertz CT molecular complexity index is 585. The first-order valence-electron chi connectivity index (χ1n) is 7.45. The van der Waals surface area contributed by atoms with Crippen molar-refractivity contribution in [1.29, 1.82) is 0 Å². The SMILES string of the molecule is CN=C(NCCS(=O)C(C)(C)C)NC(C)c1ccc(F)c(F)c1. The molecule has 0 saturated carbocycles. The van der Waals surface area contributed by atoms with Gasteiger partial charge >= 0.3 is 0 Å². The van der Waals surface area contributed by atoms with Crippen LogP contribution in [0.25, 0.3) is 0 Å². The van der Waals surface area contributed by atoms with Gasteiger partial charge in [0.15, 0.2) is 17.6 Å². The quantitative estimate of drug-likeness (QED) is 0.637. The van der Waals surface area contributed by atoms with Gasteiger partial charge < -0.3 is 10.6 Å². The molecule has 7 heteroatoms. The van der Waals surface area contributed by atoms with Crippen LogP contribution in [0.15, 0.2) is 23.2 Å². The lowest BCUT2D eigenvalue weighted by Gasteiger charge is -2.20. The van der Waals surface area contributed by atoms with Gasteiger partial charge in [-0.2, -0.15) is 0 Å². The van der Waals surface area contributed by atoms with Crippen LogP contribution in [-0.2, 0) is 10.8 Å². The molecule has 2 atom stereocenters. The first-order chi connectivity index (χ1) is 10.6. The van der Waals surface area contributed by atoms with Gasteiger partial charge in [-0.05, 0) is 45.4 Å². The van der Waals surface area contributed by atoms with Crippen LogP contribution in [0.3, 0.4) is 0 Å². The minimum Gasteiger partial charge on any atom is -0.355 e. The van der Waals surface area contributed by atoms with E-state index in [1.807, 2.05) is 27.7 Å². The highest BCUT2D eigenvalue weighted by Crippen LogP contribution is 2.15. The van der Waals surface area contributed by atoms with E-state index in [9.17, 15) is 13.0 Å². The fourth-order valence-electron chi connectivity index (χ4n) is 1.83. The van der Waals surface area contributed by atoms with E-state index in [0.717, 1.165) is 12.1 Å². The van der Waals surface area contributed by atoms with Gasteiger partial charge in [-0.15, -0.1) is 0 Å². The molecular weight excluding hydrogens is 320 g/mol. The Hall–Kier alpha value is -1.50. The van der Waals surface area contributed by atoms with Crippen molar-refractivity contribution in [3.8, 4) is 0 Å². The minimum absolute atomic E-state index is 0.246. The Kier molecular flexibility index (Phi) is 7.12. The van der Waals surface area contributed by atoms with E-state index in [-0.39, 0.29) is 10.8 Å². The Labute approximate surface area is 139 Å². The molecular formula is C16H25F2N3OS. The third-order valence-electron chi connectivity index (χ3n) is 3.28. The number of hydrogen-bond donors (Lipinski definition) is 2. The van der Waals surface area contributed by atoms with Gasteiger partial charge in [-0.3, -0.25) is 9.20 Å². The number of nitrogens with one attached hydrogen (secondary N) is 2. The van der Waals surface area contributed by atoms with Crippen molar-refractivity contribution >= 4 is 16.8 Å². The Morgan fingerprint density at radius 3 is 2.48 bits per heavy atom. The average Bonchev–Trinajstić information content (AvgIpc) is 2.47. The summed E-state index contributed by atoms with van der Waals surface area (Å²) in [7, 11) is 0.672. The third-order valence-corrected chi connectivity index (χ3v) is 5.22. The first-order valence-corrected chi connectivity index (χ1v) is 8.77. The Balaban J connectivity index is 2.56. The van der Waals surface area contributed by atoms with Crippen molar-refractivity contribution in [3.05, 3.63) is 35.4 Å². The van der Waals surface area contributed by atoms with E-state index in [2.05, 4.69) is 15.6 Å². The van der Waals surface area contributed by atoms with Gasteiger partial charge in [0.25, 0.3) is 0 Å². The van der Waals surface area contributed by atoms with Gasteiger partial charge in [-0.25, -0.2) is 8.78 Å². The summed E-state index contributed by atoms with van der Waals surface area (Å²) in [5, 5.41) is 6.17. The van der Waals surface area contributed by atoms with Gasteiger partial charge in [0, 0.05) is 34.9 Å². The molecule has 2 unspecified atom stereocenters. The Morgan fingerprint density at radius 1 is 1.30 bits per heavy atom. The summed E-state index contributed by atoms with van der Waals surface area (Å²) in [4.78, 5) is 4.08. The molecule has 23 heavy (non-hydrogen) atoms. The van der Waals surface area contributed by atoms with Crippen LogP contribution < -0.4 is 10.6 Å². The second kappa shape index (κ2) is 8.38. The molecule has 4 nitrogen and oxygen atoms in total. The van der Waals surface area contributed by atoms with E-state index < -0.39 is 22.4 Å². The molecule has 0 aliphatic heterocycles. The Morgan fingerprint density at radius 2 is 1.96 bits per heavy atom. The molecule has 1 aromatic carbocycles. The predicted octanol–water partition coefficient (Wildman–Crippen LogP) is 2.74. The zero-order valence-corrected chi connectivity index (χ0v) is 15.1. The molecule has 0 fully saturated rings. The lowest BCUT2D eigenvalue weighted by atomic mass is 10.1. The maximum atomic E-state index is 13.3. The summed E-state index contributed by atoms with van der Waals surface area (Å²) in [5.74, 6) is -0.718. The maximum Gasteiger partial charge on any atom is 0.191 e. The summed E-state index contributed by atoms with van der Waals surface area (Å²) >= 11 is 0. The topological polar surface area (TPSA) is 53.5 Å². The molecule has 0 aliphatic carbocycles. The van der Waals surface area contributed by atoms with Crippen LogP contribution in [-0.4, -0.2) is 34.3 Å². The number of halogens is 2. The molecule has 0 bridgehead atoms. The lowest BCUT2D eigenvalue weighted by Crippen LogP contribution is -2.41. The van der Waals surface area contributed by atoms with Gasteiger partial charge in [0.1, 0.15) is 0 Å². The second-order valence-electron chi connectivity index (χ2n) is 6.20. The van der Waals surface area contributed by atoms with E-state index >= 15 is 0 Å². The zero-order valence-electron chi connectivity index (χ0n) is 14.2. The smallest absolute Gasteiger partial charge is 0.191 e. The molecule has 0 aliphatic rings. The van der Waals surface area contributed by atoms with Crippen molar-refractivity contribution in [3.63, 3.8) is 0 Å². The highest BCUT2D eigenvalue weighted by Gasteiger charge is 2.19. The molecule has 0 spiro atoms. The standard InChI is InChI=1S/C16H25F2N3OS/c1-11(12-6-7-13(17)14(18)10-12)21-15(19-5)20-8-9-23(22)16(2,3)4/h6-7,10-11H,8-9H2,1-5H3,(H2,19,20,21). The van der Waals surface area contributed by atoms with Gasteiger partial charge in [0.2, 0.25) is 0 Å². The van der Waals surface area contributed by atoms with E-state index in [4.69, 9.17) is 0 Å². The van der Waals surface area contributed by atoms with E-state index in [1.54, 1.807) is 7.05 Å². The van der Waals surface area contributed by atoms with E-state index in [0.29, 0.717) is 23.8 Å². The number of hydrogen-bond acceptors (Lipinski definition) is 2. The average molecular weight is 345 g/mol. The molecule has 1 aromatic rings. The normalized spacial score (nSPS) is 15.2. The molecule has 2 N–H and O–H groups in total. The number of aliphatic imine (C=N–C) groups is 1. The molecule has 0 aromatic heterocycles. The highest BCUT2D eigenvalue weighted by atomic mass is 32.2. The van der Waals surface area contributed by atoms with E-state index in [1.165, 1.54) is 6.07 Å². The fraction of sp³-hybridized carbons (Fsp3) is 0.562. The fourth-order valence-corrected chi connectivity index (χ4v) is 2.73. The maximum absolute atomic E-state index is 13.3. The van der Waals surface area contributed by atoms with Crippen LogP contribution >= 0.6 is 0 Å². The molecule has 0 heterocycles. The molecule has 0 radical (unpaired) electrons. The summed E-state index contributed by atoms with van der Waals surface area (Å²) < 4.78 is 38.0. The minimum atomic E-state index is -0.947. The predicted molar refractivity (Wildman–Crippen MR) is 92.0 cm³/mol. The number of rotatable bonds is 5. The first kappa shape index (κ1) is 19.5. The van der Waals surface area contributed by atoms with Crippen LogP contribution in [0.2, 0.25) is 0 Å². The third kappa shape index (κ3) is 6.25. The van der Waals surface area contributed by atoms with Crippen LogP contribution in [0.4, 0.5) is 8.78 Å². The van der Waals surface area contributed by atoms with Crippen molar-refractivity contribution < 1.29 is 13.0 Å². The van der Waals surface area contributed by atoms with Crippen molar-refractivity contribution in [2.75, 3.05) is 19.3 Å². The van der Waals surface area contributed by atoms with Crippen molar-refractivity contribution in [1.82, 2.24) is 10.6 Å². The summed E-state index contributed by atoms with van der Waals surface area (Å²) in [6.45, 7) is 8.13. The van der Waals surface area contributed by atoms with Gasteiger partial charge in [0.05, 0.1) is 6.04 Å². The number of guanidine groups is 1.